The Balaban J connectivity index is 2.26. The van der Waals surface area contributed by atoms with Gasteiger partial charge in [-0.15, -0.1) is 0 Å². The summed E-state index contributed by atoms with van der Waals surface area (Å²) in [6.45, 7) is 8.07. The number of benzene rings is 1. The SMILES string of the molecule is Cc1nn(C)c(NC(=O)c2ccc(C(C)(C)C)cc2)c1[N+]#N. The summed E-state index contributed by atoms with van der Waals surface area (Å²) in [5.74, 6) is 0.0956. The molecule has 0 saturated heterocycles. The normalized spacial score (nSPS) is 11.1. The molecule has 1 amide bonds. The van der Waals surface area contributed by atoms with Crippen molar-refractivity contribution in [1.29, 1.82) is 5.39 Å². The van der Waals surface area contributed by atoms with Crippen LogP contribution in [0.25, 0.3) is 4.98 Å². The van der Waals surface area contributed by atoms with Gasteiger partial charge in [0.05, 0.1) is 0 Å². The minimum absolute atomic E-state index is 0.0388. The quantitative estimate of drug-likeness (QED) is 0.858. The molecule has 22 heavy (non-hydrogen) atoms. The Hall–Kier alpha value is -2.68. The van der Waals surface area contributed by atoms with Gasteiger partial charge in [-0.1, -0.05) is 32.9 Å². The number of diazo groups is 1. The van der Waals surface area contributed by atoms with Crippen molar-refractivity contribution in [2.24, 2.45) is 7.05 Å². The minimum Gasteiger partial charge on any atom is -0.300 e. The van der Waals surface area contributed by atoms with Gasteiger partial charge in [-0.2, -0.15) is 5.10 Å². The van der Waals surface area contributed by atoms with E-state index in [1.165, 1.54) is 4.68 Å². The zero-order valence-corrected chi connectivity index (χ0v) is 13.5. The molecule has 2 rings (SSSR count). The highest BCUT2D eigenvalue weighted by Crippen LogP contribution is 2.28. The second-order valence-corrected chi connectivity index (χ2v) is 6.29. The summed E-state index contributed by atoms with van der Waals surface area (Å²) in [5.41, 5.74) is 2.55. The molecule has 0 aliphatic heterocycles. The van der Waals surface area contributed by atoms with Gasteiger partial charge < -0.3 is 0 Å². The number of amides is 1. The summed E-state index contributed by atoms with van der Waals surface area (Å²) in [6.07, 6.45) is 0. The van der Waals surface area contributed by atoms with Crippen molar-refractivity contribution < 1.29 is 4.79 Å². The van der Waals surface area contributed by atoms with E-state index in [1.54, 1.807) is 26.1 Å². The number of anilines is 1. The van der Waals surface area contributed by atoms with E-state index in [1.807, 2.05) is 12.1 Å². The Kier molecular flexibility index (Phi) is 4.00. The lowest BCUT2D eigenvalue weighted by Crippen LogP contribution is -2.16. The average molecular weight is 298 g/mol. The highest BCUT2D eigenvalue weighted by Gasteiger charge is 2.26. The van der Waals surface area contributed by atoms with Gasteiger partial charge in [-0.3, -0.25) is 10.1 Å². The van der Waals surface area contributed by atoms with Crippen LogP contribution in [0.2, 0.25) is 0 Å². The van der Waals surface area contributed by atoms with Crippen LogP contribution in [0.5, 0.6) is 0 Å². The van der Waals surface area contributed by atoms with Crippen molar-refractivity contribution >= 4 is 17.4 Å². The first kappa shape index (κ1) is 15.7. The number of hydrogen-bond donors (Lipinski definition) is 1. The van der Waals surface area contributed by atoms with Gasteiger partial charge in [0.2, 0.25) is 11.2 Å². The third-order valence-electron chi connectivity index (χ3n) is 3.54. The van der Waals surface area contributed by atoms with Crippen LogP contribution in [-0.4, -0.2) is 15.7 Å². The number of nitrogens with one attached hydrogen (secondary N) is 1. The molecule has 0 fully saturated rings. The number of carbonyl (C=O) groups is 1. The topological polar surface area (TPSA) is 75.1 Å². The van der Waals surface area contributed by atoms with Crippen LogP contribution < -0.4 is 5.32 Å². The van der Waals surface area contributed by atoms with Gasteiger partial charge in [0.25, 0.3) is 5.91 Å². The third kappa shape index (κ3) is 2.98. The van der Waals surface area contributed by atoms with Gasteiger partial charge >= 0.3 is 5.69 Å². The second kappa shape index (κ2) is 5.60. The van der Waals surface area contributed by atoms with E-state index in [9.17, 15) is 4.79 Å². The largest absolute Gasteiger partial charge is 0.449 e. The molecule has 2 aromatic rings. The number of hydrogen-bond acceptors (Lipinski definition) is 3. The van der Waals surface area contributed by atoms with Crippen molar-refractivity contribution in [2.45, 2.75) is 33.1 Å². The molecule has 6 nitrogen and oxygen atoms in total. The molecule has 0 aliphatic carbocycles. The average Bonchev–Trinajstić information content (AvgIpc) is 2.71. The fourth-order valence-corrected chi connectivity index (χ4v) is 2.21. The van der Waals surface area contributed by atoms with E-state index in [0.717, 1.165) is 5.56 Å². The second-order valence-electron chi connectivity index (χ2n) is 6.29. The summed E-state index contributed by atoms with van der Waals surface area (Å²) in [5, 5.41) is 15.9. The Morgan fingerprint density at radius 2 is 1.86 bits per heavy atom. The maximum Gasteiger partial charge on any atom is 0.449 e. The molecule has 0 atom stereocenters. The van der Waals surface area contributed by atoms with Gasteiger partial charge in [0.1, 0.15) is 0 Å². The molecule has 0 unspecified atom stereocenters. The van der Waals surface area contributed by atoms with Crippen LogP contribution in [0, 0.1) is 12.3 Å². The molecule has 0 spiro atoms. The standard InChI is InChI=1S/C16H19N5O/c1-10-13(19-17)14(21(5)20-10)18-15(22)11-6-8-12(9-7-11)16(2,3)4/h6-9H,1-5H3/p+1. The van der Waals surface area contributed by atoms with Crippen LogP contribution in [0.4, 0.5) is 11.5 Å². The zero-order chi connectivity index (χ0) is 16.5. The fourth-order valence-electron chi connectivity index (χ4n) is 2.21. The predicted molar refractivity (Wildman–Crippen MR) is 85.8 cm³/mol. The van der Waals surface area contributed by atoms with Crippen LogP contribution >= 0.6 is 0 Å². The third-order valence-corrected chi connectivity index (χ3v) is 3.54. The molecule has 1 aromatic heterocycles. The zero-order valence-electron chi connectivity index (χ0n) is 13.5. The first-order chi connectivity index (χ1) is 10.2. The monoisotopic (exact) mass is 298 g/mol. The highest BCUT2D eigenvalue weighted by molar-refractivity contribution is 6.05. The van der Waals surface area contributed by atoms with Crippen LogP contribution in [0.15, 0.2) is 24.3 Å². The van der Waals surface area contributed by atoms with E-state index < -0.39 is 0 Å². The van der Waals surface area contributed by atoms with Gasteiger partial charge in [-0.05, 0) is 30.0 Å². The molecule has 1 heterocycles. The van der Waals surface area contributed by atoms with E-state index in [0.29, 0.717) is 17.1 Å². The number of rotatable bonds is 2. The van der Waals surface area contributed by atoms with Crippen molar-refractivity contribution in [3.63, 3.8) is 0 Å². The van der Waals surface area contributed by atoms with E-state index in [-0.39, 0.29) is 17.0 Å². The maximum absolute atomic E-state index is 12.3. The molecule has 0 aliphatic rings. The number of nitrogens with zero attached hydrogens (tertiary/aromatic N) is 4. The first-order valence-electron chi connectivity index (χ1n) is 7.04. The molecule has 0 bridgehead atoms. The van der Waals surface area contributed by atoms with E-state index in [2.05, 4.69) is 36.2 Å². The lowest BCUT2D eigenvalue weighted by Gasteiger charge is -2.18. The van der Waals surface area contributed by atoms with E-state index in [4.69, 9.17) is 5.39 Å². The molecule has 6 heteroatoms. The Morgan fingerprint density at radius 1 is 1.27 bits per heavy atom. The van der Waals surface area contributed by atoms with Crippen LogP contribution in [0.1, 0.15) is 42.4 Å². The fraction of sp³-hybridized carbons (Fsp3) is 0.375. The van der Waals surface area contributed by atoms with Crippen molar-refractivity contribution in [2.75, 3.05) is 5.32 Å². The first-order valence-corrected chi connectivity index (χ1v) is 7.04. The van der Waals surface area contributed by atoms with Gasteiger partial charge in [-0.25, -0.2) is 4.68 Å². The highest BCUT2D eigenvalue weighted by atomic mass is 16.1. The number of aromatic nitrogens is 2. The maximum atomic E-state index is 12.3. The molecule has 114 valence electrons. The summed E-state index contributed by atoms with van der Waals surface area (Å²) < 4.78 is 1.48. The smallest absolute Gasteiger partial charge is 0.300 e. The summed E-state index contributed by atoms with van der Waals surface area (Å²) >= 11 is 0. The van der Waals surface area contributed by atoms with Gasteiger partial charge in [0.15, 0.2) is 10.7 Å². The lowest BCUT2D eigenvalue weighted by atomic mass is 9.87. The Morgan fingerprint density at radius 3 is 2.36 bits per heavy atom. The lowest BCUT2D eigenvalue weighted by molar-refractivity contribution is 0.102. The van der Waals surface area contributed by atoms with Crippen LogP contribution in [0.3, 0.4) is 0 Å². The molecule has 0 radical (unpaired) electrons. The van der Waals surface area contributed by atoms with Gasteiger partial charge in [0, 0.05) is 12.6 Å². The summed E-state index contributed by atoms with van der Waals surface area (Å²) in [7, 11) is 1.68. The molecular formula is C16H20N5O+. The van der Waals surface area contributed by atoms with E-state index >= 15 is 0 Å². The Bertz CT molecular complexity index is 745. The van der Waals surface area contributed by atoms with Crippen LogP contribution in [-0.2, 0) is 12.5 Å². The molecule has 1 N–H and O–H groups in total. The summed E-state index contributed by atoms with van der Waals surface area (Å²) in [4.78, 5) is 15.5. The van der Waals surface area contributed by atoms with Crippen molar-refractivity contribution in [3.8, 4) is 0 Å². The minimum atomic E-state index is -0.270. The summed E-state index contributed by atoms with van der Waals surface area (Å²) in [6, 6.07) is 7.46. The molecule has 0 saturated carbocycles. The van der Waals surface area contributed by atoms with Crippen molar-refractivity contribution in [3.05, 3.63) is 46.1 Å². The Labute approximate surface area is 129 Å². The number of aryl methyl sites for hydroxylation is 2. The molecule has 1 aromatic carbocycles. The molecular weight excluding hydrogens is 278 g/mol. The predicted octanol–water partition coefficient (Wildman–Crippen LogP) is 3.76. The van der Waals surface area contributed by atoms with Crippen molar-refractivity contribution in [1.82, 2.24) is 9.78 Å². The number of carbonyl (C=O) groups excluding carboxylic acids is 1.